The quantitative estimate of drug-likeness (QED) is 0.730. The Morgan fingerprint density at radius 3 is 1.88 bits per heavy atom. The molecule has 3 rings (SSSR count). The summed E-state index contributed by atoms with van der Waals surface area (Å²) in [5, 5.41) is 19.5. The lowest BCUT2D eigenvalue weighted by Crippen LogP contribution is -2.23. The Kier molecular flexibility index (Phi) is 5.03. The van der Waals surface area contributed by atoms with Gasteiger partial charge in [0, 0.05) is 43.7 Å². The van der Waals surface area contributed by atoms with E-state index in [1.165, 1.54) is 6.07 Å². The molecule has 0 bridgehead atoms. The number of rotatable bonds is 6. The molecule has 5 heteroatoms. The van der Waals surface area contributed by atoms with Crippen molar-refractivity contribution in [2.24, 2.45) is 0 Å². The number of hydrogen-bond donors (Lipinski definition) is 2. The Bertz CT molecular complexity index is 738. The monoisotopic (exact) mass is 321 g/mol. The summed E-state index contributed by atoms with van der Waals surface area (Å²) in [6, 6.07) is 16.3. The number of pyridine rings is 2. The third-order valence-electron chi connectivity index (χ3n) is 3.69. The van der Waals surface area contributed by atoms with Crippen molar-refractivity contribution in [2.75, 3.05) is 0 Å². The zero-order chi connectivity index (χ0) is 16.8. The predicted molar refractivity (Wildman–Crippen MR) is 91.2 cm³/mol. The van der Waals surface area contributed by atoms with Crippen LogP contribution in [-0.2, 0) is 19.6 Å². The maximum Gasteiger partial charge on any atom is 0.123 e. The lowest BCUT2D eigenvalue weighted by atomic mass is 10.1. The second-order valence-corrected chi connectivity index (χ2v) is 5.60. The van der Waals surface area contributed by atoms with Crippen LogP contribution < -0.4 is 0 Å². The summed E-state index contributed by atoms with van der Waals surface area (Å²) in [7, 11) is 0. The van der Waals surface area contributed by atoms with Crippen molar-refractivity contribution >= 4 is 0 Å². The van der Waals surface area contributed by atoms with Crippen molar-refractivity contribution < 1.29 is 10.2 Å². The van der Waals surface area contributed by atoms with Crippen LogP contribution >= 0.6 is 0 Å². The van der Waals surface area contributed by atoms with Crippen LogP contribution in [0.2, 0.25) is 0 Å². The molecule has 2 aromatic heterocycles. The number of phenolic OH excluding ortho intramolecular Hbond substituents is 2. The van der Waals surface area contributed by atoms with Crippen LogP contribution in [0.1, 0.15) is 17.0 Å². The van der Waals surface area contributed by atoms with E-state index in [1.54, 1.807) is 24.5 Å². The fraction of sp³-hybridized carbons (Fsp3) is 0.158. The van der Waals surface area contributed by atoms with E-state index in [0.29, 0.717) is 19.6 Å². The van der Waals surface area contributed by atoms with Crippen molar-refractivity contribution in [2.45, 2.75) is 19.6 Å². The van der Waals surface area contributed by atoms with Crippen molar-refractivity contribution in [3.63, 3.8) is 0 Å². The largest absolute Gasteiger partial charge is 0.508 e. The smallest absolute Gasteiger partial charge is 0.123 e. The van der Waals surface area contributed by atoms with Gasteiger partial charge in [-0.1, -0.05) is 18.2 Å². The molecule has 122 valence electrons. The third kappa shape index (κ3) is 4.30. The lowest BCUT2D eigenvalue weighted by Gasteiger charge is -2.22. The molecule has 0 aliphatic carbocycles. The van der Waals surface area contributed by atoms with E-state index in [2.05, 4.69) is 14.9 Å². The highest BCUT2D eigenvalue weighted by molar-refractivity contribution is 5.38. The first-order chi connectivity index (χ1) is 11.7. The van der Waals surface area contributed by atoms with Gasteiger partial charge in [-0.15, -0.1) is 0 Å². The van der Waals surface area contributed by atoms with E-state index in [4.69, 9.17) is 0 Å². The zero-order valence-corrected chi connectivity index (χ0v) is 13.2. The molecule has 0 amide bonds. The van der Waals surface area contributed by atoms with Crippen LogP contribution in [0.5, 0.6) is 11.5 Å². The molecule has 0 atom stereocenters. The first kappa shape index (κ1) is 16.0. The molecule has 5 nitrogen and oxygen atoms in total. The first-order valence-electron chi connectivity index (χ1n) is 7.74. The molecule has 0 aliphatic rings. The van der Waals surface area contributed by atoms with E-state index in [1.807, 2.05) is 36.4 Å². The molecule has 0 unspecified atom stereocenters. The molecule has 0 saturated heterocycles. The van der Waals surface area contributed by atoms with Gasteiger partial charge in [0.15, 0.2) is 0 Å². The first-order valence-corrected chi connectivity index (χ1v) is 7.74. The molecular formula is C19H19N3O2. The molecular weight excluding hydrogens is 302 g/mol. The van der Waals surface area contributed by atoms with Crippen LogP contribution in [0.3, 0.4) is 0 Å². The number of benzene rings is 1. The van der Waals surface area contributed by atoms with Gasteiger partial charge >= 0.3 is 0 Å². The molecule has 0 aliphatic heterocycles. The molecule has 0 saturated carbocycles. The summed E-state index contributed by atoms with van der Waals surface area (Å²) in [6.45, 7) is 1.80. The van der Waals surface area contributed by atoms with Crippen molar-refractivity contribution in [1.82, 2.24) is 14.9 Å². The molecule has 0 radical (unpaired) electrons. The van der Waals surface area contributed by atoms with Gasteiger partial charge in [-0.3, -0.25) is 14.9 Å². The third-order valence-corrected chi connectivity index (χ3v) is 3.69. The van der Waals surface area contributed by atoms with Gasteiger partial charge < -0.3 is 10.2 Å². The van der Waals surface area contributed by atoms with Crippen LogP contribution in [-0.4, -0.2) is 25.1 Å². The standard InChI is InChI=1S/C19H19N3O2/c23-18-8-7-15(19(24)11-18)12-22(13-16-5-1-3-9-20-16)14-17-6-2-4-10-21-17/h1-11,23-24H,12-14H2. The van der Waals surface area contributed by atoms with Crippen molar-refractivity contribution in [3.8, 4) is 11.5 Å². The van der Waals surface area contributed by atoms with Gasteiger partial charge in [-0.25, -0.2) is 0 Å². The normalized spacial score (nSPS) is 10.9. The highest BCUT2D eigenvalue weighted by atomic mass is 16.3. The van der Waals surface area contributed by atoms with E-state index in [0.717, 1.165) is 17.0 Å². The minimum atomic E-state index is 0.0530. The highest BCUT2D eigenvalue weighted by Crippen LogP contribution is 2.24. The molecule has 24 heavy (non-hydrogen) atoms. The van der Waals surface area contributed by atoms with Gasteiger partial charge in [0.2, 0.25) is 0 Å². The molecule has 2 N–H and O–H groups in total. The second kappa shape index (κ2) is 7.57. The van der Waals surface area contributed by atoms with Crippen molar-refractivity contribution in [1.29, 1.82) is 0 Å². The van der Waals surface area contributed by atoms with E-state index < -0.39 is 0 Å². The highest BCUT2D eigenvalue weighted by Gasteiger charge is 2.12. The second-order valence-electron chi connectivity index (χ2n) is 5.60. The number of aromatic nitrogens is 2. The van der Waals surface area contributed by atoms with Gasteiger partial charge in [0.1, 0.15) is 11.5 Å². The van der Waals surface area contributed by atoms with Gasteiger partial charge in [0.25, 0.3) is 0 Å². The summed E-state index contributed by atoms with van der Waals surface area (Å²) in [5.41, 5.74) is 2.65. The molecule has 1 aromatic carbocycles. The number of aromatic hydroxyl groups is 2. The summed E-state index contributed by atoms with van der Waals surface area (Å²) in [4.78, 5) is 10.9. The fourth-order valence-electron chi connectivity index (χ4n) is 2.54. The van der Waals surface area contributed by atoms with Crippen molar-refractivity contribution in [3.05, 3.63) is 83.9 Å². The van der Waals surface area contributed by atoms with Gasteiger partial charge in [-0.05, 0) is 30.3 Å². The molecule has 3 aromatic rings. The van der Waals surface area contributed by atoms with Gasteiger partial charge in [-0.2, -0.15) is 0 Å². The molecule has 2 heterocycles. The Labute approximate surface area is 140 Å². The topological polar surface area (TPSA) is 69.5 Å². The average Bonchev–Trinajstić information content (AvgIpc) is 2.59. The van der Waals surface area contributed by atoms with Crippen LogP contribution in [0.15, 0.2) is 67.0 Å². The van der Waals surface area contributed by atoms with Crippen LogP contribution in [0.25, 0.3) is 0 Å². The lowest BCUT2D eigenvalue weighted by molar-refractivity contribution is 0.238. The van der Waals surface area contributed by atoms with Crippen LogP contribution in [0.4, 0.5) is 0 Å². The van der Waals surface area contributed by atoms with Crippen LogP contribution in [0, 0.1) is 0 Å². The summed E-state index contributed by atoms with van der Waals surface area (Å²) in [6.07, 6.45) is 3.54. The van der Waals surface area contributed by atoms with E-state index in [9.17, 15) is 10.2 Å². The van der Waals surface area contributed by atoms with E-state index >= 15 is 0 Å². The Morgan fingerprint density at radius 1 is 0.750 bits per heavy atom. The Hall–Kier alpha value is -2.92. The minimum Gasteiger partial charge on any atom is -0.508 e. The summed E-state index contributed by atoms with van der Waals surface area (Å²) in [5.74, 6) is 0.138. The number of hydrogen-bond acceptors (Lipinski definition) is 5. The maximum absolute atomic E-state index is 10.1. The maximum atomic E-state index is 10.1. The average molecular weight is 321 g/mol. The summed E-state index contributed by atoms with van der Waals surface area (Å²) < 4.78 is 0. The van der Waals surface area contributed by atoms with E-state index in [-0.39, 0.29) is 11.5 Å². The predicted octanol–water partition coefficient (Wildman–Crippen LogP) is 3.09. The number of phenols is 2. The number of nitrogens with zero attached hydrogens (tertiary/aromatic N) is 3. The van der Waals surface area contributed by atoms with Gasteiger partial charge in [0.05, 0.1) is 11.4 Å². The molecule has 0 spiro atoms. The SMILES string of the molecule is Oc1ccc(CN(Cc2ccccn2)Cc2ccccn2)c(O)c1. The summed E-state index contributed by atoms with van der Waals surface area (Å²) >= 11 is 0. The fourth-order valence-corrected chi connectivity index (χ4v) is 2.54. The Balaban J connectivity index is 1.80. The zero-order valence-electron chi connectivity index (χ0n) is 13.2. The molecule has 0 fully saturated rings. The Morgan fingerprint density at radius 2 is 1.38 bits per heavy atom. The minimum absolute atomic E-state index is 0.0530.